The van der Waals surface area contributed by atoms with Gasteiger partial charge in [-0.3, -0.25) is 4.98 Å². The summed E-state index contributed by atoms with van der Waals surface area (Å²) >= 11 is 1.70. The van der Waals surface area contributed by atoms with Gasteiger partial charge in [0.05, 0.1) is 5.01 Å². The first-order valence-corrected chi connectivity index (χ1v) is 7.42. The summed E-state index contributed by atoms with van der Waals surface area (Å²) in [6, 6.07) is 2.03. The van der Waals surface area contributed by atoms with Crippen LogP contribution in [0.3, 0.4) is 0 Å². The average Bonchev–Trinajstić information content (AvgIpc) is 2.81. The average molecular weight is 276 g/mol. The van der Waals surface area contributed by atoms with E-state index in [2.05, 4.69) is 27.6 Å². The zero-order chi connectivity index (χ0) is 13.7. The standard InChI is InChI=1S/C14H20N4S/c1-3-5-17-13(7-14-18-10(2)9-19-14)11-8-16-6-4-12(11)15/h4,6,8-9,13,17H,3,5,7H2,1-2H3,(H2,15,16). The Hall–Kier alpha value is -1.46. The van der Waals surface area contributed by atoms with Gasteiger partial charge in [0.15, 0.2) is 0 Å². The van der Waals surface area contributed by atoms with Crippen molar-refractivity contribution < 1.29 is 0 Å². The second kappa shape index (κ2) is 6.63. The minimum Gasteiger partial charge on any atom is -0.398 e. The molecule has 0 aliphatic heterocycles. The van der Waals surface area contributed by atoms with Crippen LogP contribution in [0.25, 0.3) is 0 Å². The molecular formula is C14H20N4S. The van der Waals surface area contributed by atoms with Gasteiger partial charge in [0.25, 0.3) is 0 Å². The molecule has 1 unspecified atom stereocenters. The Kier molecular flexibility index (Phi) is 4.87. The highest BCUT2D eigenvalue weighted by Gasteiger charge is 2.16. The van der Waals surface area contributed by atoms with Crippen LogP contribution < -0.4 is 11.1 Å². The monoisotopic (exact) mass is 276 g/mol. The van der Waals surface area contributed by atoms with Gasteiger partial charge in [0.2, 0.25) is 0 Å². The fourth-order valence-electron chi connectivity index (χ4n) is 1.99. The summed E-state index contributed by atoms with van der Waals surface area (Å²) in [5.41, 5.74) is 8.98. The van der Waals surface area contributed by atoms with E-state index in [1.807, 2.05) is 19.2 Å². The van der Waals surface area contributed by atoms with Crippen molar-refractivity contribution in [2.75, 3.05) is 12.3 Å². The van der Waals surface area contributed by atoms with Gasteiger partial charge in [-0.2, -0.15) is 0 Å². The van der Waals surface area contributed by atoms with Gasteiger partial charge < -0.3 is 11.1 Å². The molecule has 3 N–H and O–H groups in total. The number of thiazole rings is 1. The molecule has 2 aromatic heterocycles. The van der Waals surface area contributed by atoms with Gasteiger partial charge in [-0.1, -0.05) is 6.92 Å². The van der Waals surface area contributed by atoms with E-state index in [1.165, 1.54) is 0 Å². The molecule has 1 atom stereocenters. The van der Waals surface area contributed by atoms with E-state index < -0.39 is 0 Å². The lowest BCUT2D eigenvalue weighted by Crippen LogP contribution is -2.25. The van der Waals surface area contributed by atoms with Crippen molar-refractivity contribution in [1.29, 1.82) is 0 Å². The number of pyridine rings is 1. The van der Waals surface area contributed by atoms with E-state index >= 15 is 0 Å². The van der Waals surface area contributed by atoms with Gasteiger partial charge in [-0.05, 0) is 26.0 Å². The highest BCUT2D eigenvalue weighted by atomic mass is 32.1. The molecule has 5 heteroatoms. The quantitative estimate of drug-likeness (QED) is 0.851. The van der Waals surface area contributed by atoms with Gasteiger partial charge in [-0.25, -0.2) is 4.98 Å². The number of rotatable bonds is 6. The molecule has 4 nitrogen and oxygen atoms in total. The van der Waals surface area contributed by atoms with Crippen LogP contribution in [0, 0.1) is 6.92 Å². The highest BCUT2D eigenvalue weighted by Crippen LogP contribution is 2.24. The highest BCUT2D eigenvalue weighted by molar-refractivity contribution is 7.09. The predicted molar refractivity (Wildman–Crippen MR) is 80.2 cm³/mol. The Balaban J connectivity index is 2.18. The molecule has 0 bridgehead atoms. The van der Waals surface area contributed by atoms with Crippen LogP contribution in [0.15, 0.2) is 23.8 Å². The van der Waals surface area contributed by atoms with Gasteiger partial charge in [-0.15, -0.1) is 11.3 Å². The van der Waals surface area contributed by atoms with E-state index in [-0.39, 0.29) is 6.04 Å². The Morgan fingerprint density at radius 2 is 2.32 bits per heavy atom. The Bertz CT molecular complexity index is 524. The number of anilines is 1. The largest absolute Gasteiger partial charge is 0.398 e. The first-order chi connectivity index (χ1) is 9.20. The van der Waals surface area contributed by atoms with Crippen LogP contribution in [0.2, 0.25) is 0 Å². The SMILES string of the molecule is CCCNC(Cc1nc(C)cs1)c1cnccc1N. The maximum Gasteiger partial charge on any atom is 0.0947 e. The van der Waals surface area contributed by atoms with E-state index in [4.69, 9.17) is 5.73 Å². The van der Waals surface area contributed by atoms with Crippen molar-refractivity contribution in [3.05, 3.63) is 40.1 Å². The van der Waals surface area contributed by atoms with Crippen LogP contribution in [0.1, 0.15) is 35.7 Å². The lowest BCUT2D eigenvalue weighted by atomic mass is 10.0. The van der Waals surface area contributed by atoms with Crippen LogP contribution >= 0.6 is 11.3 Å². The van der Waals surface area contributed by atoms with Crippen LogP contribution in [0.4, 0.5) is 5.69 Å². The first-order valence-electron chi connectivity index (χ1n) is 6.54. The summed E-state index contributed by atoms with van der Waals surface area (Å²) in [5.74, 6) is 0. The minimum atomic E-state index is 0.180. The first kappa shape index (κ1) is 14.0. The van der Waals surface area contributed by atoms with E-state index in [0.29, 0.717) is 0 Å². The lowest BCUT2D eigenvalue weighted by molar-refractivity contribution is 0.528. The number of nitrogens with two attached hydrogens (primary N) is 1. The zero-order valence-corrected chi connectivity index (χ0v) is 12.2. The fourth-order valence-corrected chi connectivity index (χ4v) is 2.81. The predicted octanol–water partition coefficient (Wildman–Crippen LogP) is 2.71. The van der Waals surface area contributed by atoms with E-state index in [0.717, 1.165) is 41.3 Å². The molecule has 0 aromatic carbocycles. The third kappa shape index (κ3) is 3.75. The maximum absolute atomic E-state index is 6.06. The number of aromatic nitrogens is 2. The number of hydrogen-bond donors (Lipinski definition) is 2. The molecule has 102 valence electrons. The molecule has 0 amide bonds. The van der Waals surface area contributed by atoms with Crippen molar-refractivity contribution in [2.24, 2.45) is 0 Å². The molecule has 0 saturated heterocycles. The molecule has 2 rings (SSSR count). The number of nitrogens with zero attached hydrogens (tertiary/aromatic N) is 2. The third-order valence-electron chi connectivity index (χ3n) is 2.95. The smallest absolute Gasteiger partial charge is 0.0947 e. The number of nitrogens with one attached hydrogen (secondary N) is 1. The second-order valence-corrected chi connectivity index (χ2v) is 5.54. The summed E-state index contributed by atoms with van der Waals surface area (Å²) in [5, 5.41) is 6.75. The van der Waals surface area contributed by atoms with Crippen molar-refractivity contribution in [3.63, 3.8) is 0 Å². The molecule has 0 aliphatic carbocycles. The summed E-state index contributed by atoms with van der Waals surface area (Å²) in [6.45, 7) is 5.14. The summed E-state index contributed by atoms with van der Waals surface area (Å²) in [4.78, 5) is 8.72. The molecular weight excluding hydrogens is 256 g/mol. The lowest BCUT2D eigenvalue weighted by Gasteiger charge is -2.19. The molecule has 19 heavy (non-hydrogen) atoms. The fraction of sp³-hybridized carbons (Fsp3) is 0.429. The Morgan fingerprint density at radius 3 is 2.95 bits per heavy atom. The van der Waals surface area contributed by atoms with E-state index in [9.17, 15) is 0 Å². The van der Waals surface area contributed by atoms with E-state index in [1.54, 1.807) is 17.5 Å². The molecule has 0 fully saturated rings. The number of nitrogen functional groups attached to an aromatic ring is 1. The Labute approximate surface area is 118 Å². The van der Waals surface area contributed by atoms with Crippen LogP contribution in [-0.4, -0.2) is 16.5 Å². The maximum atomic E-state index is 6.06. The molecule has 0 saturated carbocycles. The van der Waals surface area contributed by atoms with Crippen LogP contribution in [0.5, 0.6) is 0 Å². The molecule has 2 aromatic rings. The molecule has 0 radical (unpaired) electrons. The minimum absolute atomic E-state index is 0.180. The molecule has 0 aliphatic rings. The topological polar surface area (TPSA) is 63.8 Å². The number of hydrogen-bond acceptors (Lipinski definition) is 5. The normalized spacial score (nSPS) is 12.5. The van der Waals surface area contributed by atoms with Crippen molar-refractivity contribution in [3.8, 4) is 0 Å². The number of aryl methyl sites for hydroxylation is 1. The van der Waals surface area contributed by atoms with Crippen molar-refractivity contribution in [1.82, 2.24) is 15.3 Å². The summed E-state index contributed by atoms with van der Waals surface area (Å²) < 4.78 is 0. The third-order valence-corrected chi connectivity index (χ3v) is 3.94. The summed E-state index contributed by atoms with van der Waals surface area (Å²) in [6.07, 6.45) is 5.52. The van der Waals surface area contributed by atoms with Crippen molar-refractivity contribution >= 4 is 17.0 Å². The molecule has 2 heterocycles. The Morgan fingerprint density at radius 1 is 1.47 bits per heavy atom. The second-order valence-electron chi connectivity index (χ2n) is 4.60. The molecule has 0 spiro atoms. The van der Waals surface area contributed by atoms with Crippen molar-refractivity contribution in [2.45, 2.75) is 32.7 Å². The summed E-state index contributed by atoms with van der Waals surface area (Å²) in [7, 11) is 0. The van der Waals surface area contributed by atoms with Gasteiger partial charge in [0.1, 0.15) is 0 Å². The van der Waals surface area contributed by atoms with Gasteiger partial charge >= 0.3 is 0 Å². The van der Waals surface area contributed by atoms with Crippen LogP contribution in [-0.2, 0) is 6.42 Å². The van der Waals surface area contributed by atoms with Gasteiger partial charge in [0, 0.05) is 47.2 Å². The zero-order valence-electron chi connectivity index (χ0n) is 11.4.